The summed E-state index contributed by atoms with van der Waals surface area (Å²) in [5.74, 6) is 0. The Morgan fingerprint density at radius 3 is 1.96 bits per heavy atom. The van der Waals surface area contributed by atoms with Crippen molar-refractivity contribution in [3.05, 3.63) is 90.8 Å². The van der Waals surface area contributed by atoms with E-state index >= 15 is 0 Å². The summed E-state index contributed by atoms with van der Waals surface area (Å²) in [7, 11) is 0. The van der Waals surface area contributed by atoms with Gasteiger partial charge in [-0.05, 0) is 42.0 Å². The number of aliphatic hydroxyl groups excluding tert-OH is 1. The summed E-state index contributed by atoms with van der Waals surface area (Å²) >= 11 is 0. The molecule has 0 unspecified atom stereocenters. The van der Waals surface area contributed by atoms with E-state index in [1.807, 2.05) is 60.7 Å². The second-order valence-electron chi connectivity index (χ2n) is 5.49. The fourth-order valence-electron chi connectivity index (χ4n) is 2.50. The summed E-state index contributed by atoms with van der Waals surface area (Å²) in [6.45, 7) is 0.110. The molecule has 3 rings (SSSR count). The molecular formula is C20H19N3O2. The van der Waals surface area contributed by atoms with Gasteiger partial charge in [-0.1, -0.05) is 36.4 Å². The number of carbonyl (C=O) groups is 1. The number of aliphatic hydroxyl groups is 1. The van der Waals surface area contributed by atoms with Crippen molar-refractivity contribution < 1.29 is 9.90 Å². The van der Waals surface area contributed by atoms with Crippen LogP contribution in [0.25, 0.3) is 0 Å². The highest BCUT2D eigenvalue weighted by atomic mass is 16.3. The zero-order chi connectivity index (χ0) is 17.5. The van der Waals surface area contributed by atoms with Gasteiger partial charge in [0.1, 0.15) is 0 Å². The maximum absolute atomic E-state index is 12.8. The van der Waals surface area contributed by atoms with E-state index in [9.17, 15) is 9.90 Å². The van der Waals surface area contributed by atoms with Gasteiger partial charge in [0.05, 0.1) is 17.5 Å². The quantitative estimate of drug-likeness (QED) is 0.749. The normalized spacial score (nSPS) is 11.6. The molecule has 1 atom stereocenters. The van der Waals surface area contributed by atoms with Crippen molar-refractivity contribution in [3.63, 3.8) is 0 Å². The minimum absolute atomic E-state index is 0.110. The molecule has 0 fully saturated rings. The second kappa shape index (κ2) is 8.08. The number of para-hydroxylation sites is 2. The number of anilines is 2. The minimum atomic E-state index is -0.791. The predicted molar refractivity (Wildman–Crippen MR) is 97.6 cm³/mol. The van der Waals surface area contributed by atoms with E-state index in [1.54, 1.807) is 29.4 Å². The van der Waals surface area contributed by atoms with Crippen LogP contribution >= 0.6 is 0 Å². The lowest BCUT2D eigenvalue weighted by molar-refractivity contribution is 0.174. The molecule has 0 saturated heterocycles. The molecule has 2 N–H and O–H groups in total. The molecule has 0 aliphatic carbocycles. The van der Waals surface area contributed by atoms with Crippen molar-refractivity contribution in [2.75, 3.05) is 11.4 Å². The smallest absolute Gasteiger partial charge is 0.326 e. The third kappa shape index (κ3) is 4.22. The number of hydrogen-bond donors (Lipinski definition) is 2. The SMILES string of the molecule is O=C(NC[C@H](O)c1ccncc1)N(c1ccccc1)c1ccccc1. The third-order valence-electron chi connectivity index (χ3n) is 3.77. The van der Waals surface area contributed by atoms with Gasteiger partial charge in [-0.2, -0.15) is 0 Å². The number of amides is 2. The second-order valence-corrected chi connectivity index (χ2v) is 5.49. The van der Waals surface area contributed by atoms with Gasteiger partial charge in [0, 0.05) is 18.9 Å². The summed E-state index contributed by atoms with van der Waals surface area (Å²) in [5, 5.41) is 13.0. The first-order chi connectivity index (χ1) is 12.3. The average molecular weight is 333 g/mol. The highest BCUT2D eigenvalue weighted by molar-refractivity contribution is 5.99. The van der Waals surface area contributed by atoms with Crippen LogP contribution in [0, 0.1) is 0 Å². The number of rotatable bonds is 5. The van der Waals surface area contributed by atoms with Crippen molar-refractivity contribution in [1.29, 1.82) is 0 Å². The van der Waals surface area contributed by atoms with Crippen LogP contribution in [-0.2, 0) is 0 Å². The average Bonchev–Trinajstić information content (AvgIpc) is 2.69. The standard InChI is InChI=1S/C20H19N3O2/c24-19(16-11-13-21-14-12-16)15-22-20(25)23(17-7-3-1-4-8-17)18-9-5-2-6-10-18/h1-14,19,24H,15H2,(H,22,25)/t19-/m0/s1. The van der Waals surface area contributed by atoms with Gasteiger partial charge in [-0.3, -0.25) is 9.88 Å². The molecule has 0 spiro atoms. The zero-order valence-electron chi connectivity index (χ0n) is 13.6. The van der Waals surface area contributed by atoms with Crippen LogP contribution in [0.2, 0.25) is 0 Å². The van der Waals surface area contributed by atoms with Crippen LogP contribution in [0.5, 0.6) is 0 Å². The monoisotopic (exact) mass is 333 g/mol. The molecule has 2 amide bonds. The number of nitrogens with one attached hydrogen (secondary N) is 1. The van der Waals surface area contributed by atoms with Gasteiger partial charge < -0.3 is 10.4 Å². The van der Waals surface area contributed by atoms with E-state index in [-0.39, 0.29) is 12.6 Å². The highest BCUT2D eigenvalue weighted by Crippen LogP contribution is 2.25. The molecule has 5 nitrogen and oxygen atoms in total. The first-order valence-electron chi connectivity index (χ1n) is 8.02. The Hall–Kier alpha value is -3.18. The summed E-state index contributed by atoms with van der Waals surface area (Å²) in [6.07, 6.45) is 2.43. The van der Waals surface area contributed by atoms with Crippen LogP contribution in [0.4, 0.5) is 16.2 Å². The molecule has 0 saturated carbocycles. The summed E-state index contributed by atoms with van der Waals surface area (Å²) in [4.78, 5) is 18.3. The third-order valence-corrected chi connectivity index (χ3v) is 3.77. The van der Waals surface area contributed by atoms with E-state index in [4.69, 9.17) is 0 Å². The number of benzene rings is 2. The number of nitrogens with zero attached hydrogens (tertiary/aromatic N) is 2. The van der Waals surface area contributed by atoms with Crippen molar-refractivity contribution in [2.45, 2.75) is 6.10 Å². The Morgan fingerprint density at radius 2 is 1.44 bits per heavy atom. The summed E-state index contributed by atoms with van der Waals surface area (Å²) in [6, 6.07) is 21.9. The molecule has 0 radical (unpaired) electrons. The molecule has 0 bridgehead atoms. The lowest BCUT2D eigenvalue weighted by Crippen LogP contribution is -2.39. The van der Waals surface area contributed by atoms with Gasteiger partial charge in [0.2, 0.25) is 0 Å². The van der Waals surface area contributed by atoms with Crippen molar-refractivity contribution in [3.8, 4) is 0 Å². The molecule has 126 valence electrons. The molecule has 3 aromatic rings. The van der Waals surface area contributed by atoms with E-state index in [0.29, 0.717) is 5.56 Å². The fraction of sp³-hybridized carbons (Fsp3) is 0.100. The van der Waals surface area contributed by atoms with Crippen LogP contribution < -0.4 is 10.2 Å². The van der Waals surface area contributed by atoms with E-state index in [1.165, 1.54) is 0 Å². The molecule has 1 aromatic heterocycles. The molecule has 5 heteroatoms. The van der Waals surface area contributed by atoms with Crippen molar-refractivity contribution >= 4 is 17.4 Å². The number of pyridine rings is 1. The lowest BCUT2D eigenvalue weighted by Gasteiger charge is -2.24. The van der Waals surface area contributed by atoms with Gasteiger partial charge in [0.15, 0.2) is 0 Å². The molecule has 1 heterocycles. The minimum Gasteiger partial charge on any atom is -0.387 e. The Labute approximate surface area is 146 Å². The topological polar surface area (TPSA) is 65.5 Å². The Kier molecular flexibility index (Phi) is 5.39. The van der Waals surface area contributed by atoms with Gasteiger partial charge in [0.25, 0.3) is 0 Å². The maximum atomic E-state index is 12.8. The first kappa shape index (κ1) is 16.7. The number of carbonyl (C=O) groups excluding carboxylic acids is 1. The van der Waals surface area contributed by atoms with Gasteiger partial charge >= 0.3 is 6.03 Å². The van der Waals surface area contributed by atoms with Gasteiger partial charge in [-0.25, -0.2) is 4.79 Å². The molecular weight excluding hydrogens is 314 g/mol. The van der Waals surface area contributed by atoms with Crippen LogP contribution in [0.1, 0.15) is 11.7 Å². The largest absolute Gasteiger partial charge is 0.387 e. The number of urea groups is 1. The van der Waals surface area contributed by atoms with Crippen LogP contribution in [0.3, 0.4) is 0 Å². The molecule has 2 aromatic carbocycles. The highest BCUT2D eigenvalue weighted by Gasteiger charge is 2.18. The first-order valence-corrected chi connectivity index (χ1v) is 8.02. The summed E-state index contributed by atoms with van der Waals surface area (Å²) < 4.78 is 0. The van der Waals surface area contributed by atoms with Crippen molar-refractivity contribution in [1.82, 2.24) is 10.3 Å². The van der Waals surface area contributed by atoms with E-state index < -0.39 is 6.10 Å². The Morgan fingerprint density at radius 1 is 0.920 bits per heavy atom. The van der Waals surface area contributed by atoms with E-state index in [2.05, 4.69) is 10.3 Å². The van der Waals surface area contributed by atoms with Gasteiger partial charge in [-0.15, -0.1) is 0 Å². The van der Waals surface area contributed by atoms with Crippen molar-refractivity contribution in [2.24, 2.45) is 0 Å². The van der Waals surface area contributed by atoms with Crippen LogP contribution in [-0.4, -0.2) is 22.7 Å². The summed E-state index contributed by atoms with van der Waals surface area (Å²) in [5.41, 5.74) is 2.22. The maximum Gasteiger partial charge on any atom is 0.326 e. The molecule has 25 heavy (non-hydrogen) atoms. The van der Waals surface area contributed by atoms with E-state index in [0.717, 1.165) is 11.4 Å². The Bertz CT molecular complexity index is 755. The molecule has 0 aliphatic rings. The zero-order valence-corrected chi connectivity index (χ0v) is 13.6. The fourth-order valence-corrected chi connectivity index (χ4v) is 2.50. The number of aromatic nitrogens is 1. The predicted octanol–water partition coefficient (Wildman–Crippen LogP) is 3.66. The van der Waals surface area contributed by atoms with Crippen LogP contribution in [0.15, 0.2) is 85.2 Å². The number of hydrogen-bond acceptors (Lipinski definition) is 3. The molecule has 0 aliphatic heterocycles. The lowest BCUT2D eigenvalue weighted by atomic mass is 10.1. The Balaban J connectivity index is 1.76.